The van der Waals surface area contributed by atoms with Crippen LogP contribution in [0.25, 0.3) is 0 Å². The maximum atomic E-state index is 12.5. The van der Waals surface area contributed by atoms with Gasteiger partial charge in [0, 0.05) is 12.2 Å². The van der Waals surface area contributed by atoms with Gasteiger partial charge in [0.05, 0.1) is 17.8 Å². The average Bonchev–Trinajstić information content (AvgIpc) is 3.19. The summed E-state index contributed by atoms with van der Waals surface area (Å²) in [5.74, 6) is 0.389. The fourth-order valence-electron chi connectivity index (χ4n) is 2.41. The number of amides is 1. The lowest BCUT2D eigenvalue weighted by molar-refractivity contribution is -0.137. The Balaban J connectivity index is 2.09. The smallest absolute Gasteiger partial charge is 0.242 e. The Hall–Kier alpha value is -1.42. The highest BCUT2D eigenvalue weighted by Crippen LogP contribution is 2.39. The number of aryl methyl sites for hydroxylation is 1. The molecule has 0 aromatic carbocycles. The molecular weight excluding hydrogens is 238 g/mol. The molecule has 1 amide bonds. The van der Waals surface area contributed by atoms with Crippen LogP contribution in [0.5, 0.6) is 0 Å². The van der Waals surface area contributed by atoms with Crippen LogP contribution in [0, 0.1) is 12.8 Å². The van der Waals surface area contributed by atoms with Gasteiger partial charge in [-0.15, -0.1) is 0 Å². The lowest BCUT2D eigenvalue weighted by atomic mass is 9.95. The normalized spacial score (nSPS) is 17.9. The lowest BCUT2D eigenvalue weighted by Crippen LogP contribution is -2.54. The molecule has 0 radical (unpaired) electrons. The number of nitrogens with zero attached hydrogens (tertiary/aromatic N) is 2. The van der Waals surface area contributed by atoms with Crippen LogP contribution in [0.3, 0.4) is 0 Å². The number of nitrogens with two attached hydrogens (primary N) is 1. The zero-order valence-electron chi connectivity index (χ0n) is 12.0. The minimum absolute atomic E-state index is 0.0424. The molecule has 104 valence electrons. The Morgan fingerprint density at radius 3 is 2.74 bits per heavy atom. The quantitative estimate of drug-likeness (QED) is 0.880. The van der Waals surface area contributed by atoms with Crippen molar-refractivity contribution in [2.24, 2.45) is 11.7 Å². The van der Waals surface area contributed by atoms with Gasteiger partial charge < -0.3 is 10.6 Å². The topological polar surface area (TPSA) is 59.2 Å². The van der Waals surface area contributed by atoms with Crippen LogP contribution in [-0.2, 0) is 11.3 Å². The second-order valence-corrected chi connectivity index (χ2v) is 5.65. The number of hydrogen-bond donors (Lipinski definition) is 1. The largest absolute Gasteiger partial charge is 0.335 e. The molecule has 1 aliphatic carbocycles. The zero-order chi connectivity index (χ0) is 14.0. The first-order chi connectivity index (χ1) is 8.95. The summed E-state index contributed by atoms with van der Waals surface area (Å²) < 4.78 is 0. The highest BCUT2D eigenvalue weighted by molar-refractivity contribution is 5.86. The Kier molecular flexibility index (Phi) is 3.90. The number of carbonyl (C=O) groups is 1. The first-order valence-electron chi connectivity index (χ1n) is 6.96. The molecule has 4 heteroatoms. The Morgan fingerprint density at radius 2 is 2.21 bits per heavy atom. The Morgan fingerprint density at radius 1 is 1.53 bits per heavy atom. The fourth-order valence-corrected chi connectivity index (χ4v) is 2.41. The first kappa shape index (κ1) is 14.0. The molecule has 1 aromatic rings. The van der Waals surface area contributed by atoms with Crippen LogP contribution in [0.2, 0.25) is 0 Å². The molecule has 19 heavy (non-hydrogen) atoms. The highest BCUT2D eigenvalue weighted by atomic mass is 16.2. The van der Waals surface area contributed by atoms with Gasteiger partial charge in [0.1, 0.15) is 0 Å². The molecule has 2 N–H and O–H groups in total. The molecule has 1 unspecified atom stereocenters. The third kappa shape index (κ3) is 3.13. The molecule has 0 saturated heterocycles. The summed E-state index contributed by atoms with van der Waals surface area (Å²) in [4.78, 5) is 18.8. The standard InChI is InChI=1S/C15H23N3O/c1-4-18(10-13-7-5-6-11(2)17-13)14(19)15(3,16)12-8-9-12/h5-7,12H,4,8-10,16H2,1-3H3. The summed E-state index contributed by atoms with van der Waals surface area (Å²) >= 11 is 0. The van der Waals surface area contributed by atoms with Crippen LogP contribution in [0.1, 0.15) is 38.1 Å². The molecule has 0 spiro atoms. The van der Waals surface area contributed by atoms with Crippen molar-refractivity contribution in [1.29, 1.82) is 0 Å². The minimum atomic E-state index is -0.722. The summed E-state index contributed by atoms with van der Waals surface area (Å²) in [7, 11) is 0. The Labute approximate surface area is 115 Å². The molecule has 1 aliphatic rings. The third-order valence-electron chi connectivity index (χ3n) is 3.85. The fraction of sp³-hybridized carbons (Fsp3) is 0.600. The molecule has 4 nitrogen and oxygen atoms in total. The summed E-state index contributed by atoms with van der Waals surface area (Å²) in [6.45, 7) is 7.00. The van der Waals surface area contributed by atoms with Crippen molar-refractivity contribution in [3.63, 3.8) is 0 Å². The molecule has 1 atom stereocenters. The summed E-state index contributed by atoms with van der Waals surface area (Å²) in [6, 6.07) is 5.88. The van der Waals surface area contributed by atoms with Gasteiger partial charge in [-0.1, -0.05) is 6.07 Å². The van der Waals surface area contributed by atoms with E-state index in [1.54, 1.807) is 4.90 Å². The minimum Gasteiger partial charge on any atom is -0.335 e. The van der Waals surface area contributed by atoms with Crippen molar-refractivity contribution in [2.45, 2.75) is 45.7 Å². The predicted octanol–water partition coefficient (Wildman–Crippen LogP) is 1.87. The van der Waals surface area contributed by atoms with Crippen LogP contribution in [0.4, 0.5) is 0 Å². The van der Waals surface area contributed by atoms with Crippen molar-refractivity contribution in [2.75, 3.05) is 6.54 Å². The monoisotopic (exact) mass is 261 g/mol. The summed E-state index contributed by atoms with van der Waals surface area (Å²) in [5.41, 5.74) is 7.38. The maximum absolute atomic E-state index is 12.5. The second kappa shape index (κ2) is 5.29. The van der Waals surface area contributed by atoms with Crippen molar-refractivity contribution < 1.29 is 4.79 Å². The Bertz CT molecular complexity index is 466. The van der Waals surface area contributed by atoms with Gasteiger partial charge in [-0.3, -0.25) is 9.78 Å². The van der Waals surface area contributed by atoms with Crippen molar-refractivity contribution >= 4 is 5.91 Å². The lowest BCUT2D eigenvalue weighted by Gasteiger charge is -2.31. The van der Waals surface area contributed by atoms with Crippen LogP contribution in [0.15, 0.2) is 18.2 Å². The van der Waals surface area contributed by atoms with Crippen molar-refractivity contribution in [3.8, 4) is 0 Å². The van der Waals surface area contributed by atoms with Crippen molar-refractivity contribution in [3.05, 3.63) is 29.6 Å². The van der Waals surface area contributed by atoms with E-state index >= 15 is 0 Å². The zero-order valence-corrected chi connectivity index (χ0v) is 12.0. The molecule has 0 aliphatic heterocycles. The van der Waals surface area contributed by atoms with E-state index in [1.165, 1.54) is 0 Å². The molecule has 1 heterocycles. The van der Waals surface area contributed by atoms with Gasteiger partial charge in [-0.2, -0.15) is 0 Å². The van der Waals surface area contributed by atoms with E-state index in [4.69, 9.17) is 5.73 Å². The van der Waals surface area contributed by atoms with E-state index in [-0.39, 0.29) is 5.91 Å². The van der Waals surface area contributed by atoms with Crippen LogP contribution < -0.4 is 5.73 Å². The summed E-state index contributed by atoms with van der Waals surface area (Å²) in [5, 5.41) is 0. The van der Waals surface area contributed by atoms with Gasteiger partial charge in [0.25, 0.3) is 0 Å². The number of carbonyl (C=O) groups excluding carboxylic acids is 1. The van der Waals surface area contributed by atoms with Gasteiger partial charge in [-0.05, 0) is 51.7 Å². The number of aromatic nitrogens is 1. The van der Waals surface area contributed by atoms with E-state index in [1.807, 2.05) is 39.0 Å². The molecular formula is C15H23N3O. The van der Waals surface area contributed by atoms with E-state index in [0.29, 0.717) is 19.0 Å². The van der Waals surface area contributed by atoms with Crippen molar-refractivity contribution in [1.82, 2.24) is 9.88 Å². The van der Waals surface area contributed by atoms with Crippen LogP contribution in [-0.4, -0.2) is 27.9 Å². The SMILES string of the molecule is CCN(Cc1cccc(C)n1)C(=O)C(C)(N)C1CC1. The first-order valence-corrected chi connectivity index (χ1v) is 6.96. The molecule has 1 saturated carbocycles. The third-order valence-corrected chi connectivity index (χ3v) is 3.85. The predicted molar refractivity (Wildman–Crippen MR) is 75.4 cm³/mol. The van der Waals surface area contributed by atoms with E-state index in [2.05, 4.69) is 4.98 Å². The summed E-state index contributed by atoms with van der Waals surface area (Å²) in [6.07, 6.45) is 2.14. The number of pyridine rings is 1. The number of hydrogen-bond acceptors (Lipinski definition) is 3. The molecule has 1 fully saturated rings. The molecule has 0 bridgehead atoms. The van der Waals surface area contributed by atoms with Crippen LogP contribution >= 0.6 is 0 Å². The highest BCUT2D eigenvalue weighted by Gasteiger charge is 2.45. The number of likely N-dealkylation sites (N-methyl/N-ethyl adjacent to an activating group) is 1. The number of rotatable bonds is 5. The van der Waals surface area contributed by atoms with Gasteiger partial charge >= 0.3 is 0 Å². The van der Waals surface area contributed by atoms with Gasteiger partial charge in [0.15, 0.2) is 0 Å². The van der Waals surface area contributed by atoms with E-state index in [0.717, 1.165) is 24.2 Å². The second-order valence-electron chi connectivity index (χ2n) is 5.65. The maximum Gasteiger partial charge on any atom is 0.242 e. The van der Waals surface area contributed by atoms with E-state index < -0.39 is 5.54 Å². The van der Waals surface area contributed by atoms with Gasteiger partial charge in [-0.25, -0.2) is 0 Å². The molecule has 2 rings (SSSR count). The van der Waals surface area contributed by atoms with Gasteiger partial charge in [0.2, 0.25) is 5.91 Å². The molecule has 1 aromatic heterocycles. The average molecular weight is 261 g/mol. The van der Waals surface area contributed by atoms with E-state index in [9.17, 15) is 4.79 Å².